The van der Waals surface area contributed by atoms with Crippen molar-refractivity contribution in [1.82, 2.24) is 0 Å². The molecule has 0 bridgehead atoms. The normalized spacial score (nSPS) is 6.33. The predicted octanol–water partition coefficient (Wildman–Crippen LogP) is -6.90. The Morgan fingerprint density at radius 3 is 0.833 bits per heavy atom. The molecule has 0 aliphatic carbocycles. The predicted molar refractivity (Wildman–Crippen MR) is 77.8 cm³/mol. The minimum atomic E-state index is -3.13. The first-order chi connectivity index (χ1) is 7.47. The molecule has 0 saturated carbocycles. The third-order valence-corrected chi connectivity index (χ3v) is 0.387. The number of rotatable bonds is 3. The molecule has 0 aromatic carbocycles. The van der Waals surface area contributed by atoms with Crippen molar-refractivity contribution in [3.05, 3.63) is 0 Å². The van der Waals surface area contributed by atoms with Crippen LogP contribution in [0.4, 0.5) is 0 Å². The second-order valence-electron chi connectivity index (χ2n) is 1.82. The summed E-state index contributed by atoms with van der Waals surface area (Å²) in [6, 6.07) is 0. The Kier molecular flexibility index (Phi) is 106. The molecule has 0 atom stereocenters. The fourth-order valence-electron chi connectivity index (χ4n) is 0. The Bertz CT molecular complexity index is 102. The van der Waals surface area contributed by atoms with E-state index in [1.54, 1.807) is 0 Å². The first-order valence-electron chi connectivity index (χ1n) is 4.32. The van der Waals surface area contributed by atoms with Crippen LogP contribution < -0.4 is 17.2 Å². The van der Waals surface area contributed by atoms with Gasteiger partial charge in [-0.1, -0.05) is 0 Å². The van der Waals surface area contributed by atoms with E-state index in [1.165, 1.54) is 0 Å². The fourth-order valence-corrected chi connectivity index (χ4v) is 0. The van der Waals surface area contributed by atoms with Crippen LogP contribution in [-0.2, 0) is 4.46 Å². The molecule has 0 radical (unpaired) electrons. The molecule has 9 nitrogen and oxygen atoms in total. The van der Waals surface area contributed by atoms with E-state index in [9.17, 15) is 0 Å². The molecule has 112 valence electrons. The van der Waals surface area contributed by atoms with Crippen LogP contribution in [0, 0.1) is 0 Å². The number of hydrogen-bond donors (Lipinski definition) is 8. The summed E-state index contributed by atoms with van der Waals surface area (Å²) in [6.45, 7) is 1.42. The minimum absolute atomic E-state index is 0. The zero-order chi connectivity index (χ0) is 13.8. The zero-order valence-electron chi connectivity index (χ0n) is 9.12. The maximum Gasteiger partial charge on any atom is 0.761 e. The van der Waals surface area contributed by atoms with Gasteiger partial charge in [-0.15, -0.1) is 0 Å². The van der Waals surface area contributed by atoms with Crippen molar-refractivity contribution in [2.45, 2.75) is 0 Å². The summed E-state index contributed by atoms with van der Waals surface area (Å²) in [5, 5.41) is 23.2. The summed E-state index contributed by atoms with van der Waals surface area (Å²) in [5.74, 6) is 0. The van der Waals surface area contributed by atoms with Crippen LogP contribution in [0.5, 0.6) is 0 Å². The highest BCUT2D eigenvalue weighted by molar-refractivity contribution is 6.22. The van der Waals surface area contributed by atoms with Gasteiger partial charge in [0, 0.05) is 19.6 Å². The molecule has 0 aromatic heterocycles. The summed E-state index contributed by atoms with van der Waals surface area (Å²) >= 11 is 0. The van der Waals surface area contributed by atoms with E-state index in [4.69, 9.17) is 46.6 Å². The summed E-state index contributed by atoms with van der Waals surface area (Å²) in [5.41, 5.74) is 14.3. The van der Waals surface area contributed by atoms with Gasteiger partial charge < -0.3 is 42.1 Å². The molecular weight excluding hydrogens is 289 g/mol. The molecule has 0 unspecified atom stereocenters. The third kappa shape index (κ3) is 303. The smallest absolute Gasteiger partial charge is 0.511 e. The van der Waals surface area contributed by atoms with Crippen molar-refractivity contribution in [3.63, 3.8) is 0 Å². The average molecular weight is 318 g/mol. The zero-order valence-corrected chi connectivity index (χ0v) is 10.1. The average Bonchev–Trinajstić information content (AvgIpc) is 2.28. The Balaban J connectivity index is -0.0000000257. The quantitative estimate of drug-likeness (QED) is 0.233. The van der Waals surface area contributed by atoms with Crippen molar-refractivity contribution in [2.75, 3.05) is 39.5 Å². The van der Waals surface area contributed by atoms with Crippen molar-refractivity contribution >= 4 is 49.6 Å². The van der Waals surface area contributed by atoms with Crippen LogP contribution in [0.25, 0.3) is 0 Å². The summed E-state index contributed by atoms with van der Waals surface area (Å²) in [6.07, 6.45) is 0. The molecule has 0 saturated heterocycles. The minimum Gasteiger partial charge on any atom is -0.511 e. The Hall–Kier alpha value is 0.676. The molecule has 0 aliphatic heterocycles. The van der Waals surface area contributed by atoms with Crippen LogP contribution in [0.15, 0.2) is 0 Å². The molecule has 0 rings (SSSR count). The lowest BCUT2D eigenvalue weighted by Crippen LogP contribution is -2.02. The van der Waals surface area contributed by atoms with Gasteiger partial charge >= 0.3 is 32.2 Å². The van der Waals surface area contributed by atoms with E-state index in [0.717, 1.165) is 0 Å². The lowest BCUT2D eigenvalue weighted by molar-refractivity contribution is 0.306. The molecule has 0 amide bonds. The number of hydrogen-bond acceptors (Lipinski definition) is 7. The lowest BCUT2D eigenvalue weighted by atomic mass is 10.8. The van der Waals surface area contributed by atoms with Crippen LogP contribution >= 0.6 is 0 Å². The van der Waals surface area contributed by atoms with Gasteiger partial charge in [0.2, 0.25) is 0 Å². The highest BCUT2D eigenvalue weighted by Crippen LogP contribution is 1.33. The van der Waals surface area contributed by atoms with Crippen LogP contribution in [0.2, 0.25) is 0 Å². The summed E-state index contributed by atoms with van der Waals surface area (Å²) in [4.78, 5) is 14.3. The Morgan fingerprint density at radius 2 is 0.833 bits per heavy atom. The first-order valence-corrected chi connectivity index (χ1v) is 5.63. The number of aliphatic hydroxyl groups is 3. The largest absolute Gasteiger partial charge is 0.761 e. The SMILES string of the molecule is NCCO.NCCO.NCCO.O=[Si](O)O.[AlH3].[MgH2]. The van der Waals surface area contributed by atoms with E-state index in [0.29, 0.717) is 19.6 Å². The van der Waals surface area contributed by atoms with Crippen LogP contribution in [-0.4, -0.2) is 114 Å². The molecule has 0 fully saturated rings. The van der Waals surface area contributed by atoms with Gasteiger partial charge in [0.15, 0.2) is 17.4 Å². The molecular formula is C6H28AlMgN3O6Si. The molecule has 0 aliphatic rings. The fraction of sp³-hybridized carbons (Fsp3) is 1.00. The topological polar surface area (TPSA) is 196 Å². The maximum atomic E-state index is 8.74. The summed E-state index contributed by atoms with van der Waals surface area (Å²) < 4.78 is 8.74. The van der Waals surface area contributed by atoms with E-state index in [2.05, 4.69) is 0 Å². The van der Waals surface area contributed by atoms with Crippen LogP contribution in [0.3, 0.4) is 0 Å². The van der Waals surface area contributed by atoms with Crippen molar-refractivity contribution in [3.8, 4) is 0 Å². The molecule has 11 N–H and O–H groups in total. The van der Waals surface area contributed by atoms with Gasteiger partial charge in [0.1, 0.15) is 0 Å². The molecule has 12 heteroatoms. The van der Waals surface area contributed by atoms with Gasteiger partial charge in [-0.2, -0.15) is 0 Å². The molecule has 0 aromatic rings. The van der Waals surface area contributed by atoms with Crippen molar-refractivity contribution in [2.24, 2.45) is 17.2 Å². The Labute approximate surface area is 135 Å². The van der Waals surface area contributed by atoms with Crippen molar-refractivity contribution in [1.29, 1.82) is 0 Å². The van der Waals surface area contributed by atoms with E-state index >= 15 is 0 Å². The second kappa shape index (κ2) is 52.5. The number of nitrogens with two attached hydrogens (primary N) is 3. The number of aliphatic hydroxyl groups excluding tert-OH is 3. The molecule has 18 heavy (non-hydrogen) atoms. The van der Waals surface area contributed by atoms with Crippen LogP contribution in [0.1, 0.15) is 0 Å². The Morgan fingerprint density at radius 1 is 0.778 bits per heavy atom. The van der Waals surface area contributed by atoms with Gasteiger partial charge in [-0.05, 0) is 0 Å². The van der Waals surface area contributed by atoms with E-state index in [1.807, 2.05) is 0 Å². The standard InChI is InChI=1S/3C2H7NO.Al.Mg.H2O3Si.5H/c3*3-1-2-4;;;1-4(2)3;;;;;/h3*4H,1-3H2;;;1-2H;;;;;. The maximum absolute atomic E-state index is 8.74. The van der Waals surface area contributed by atoms with Gasteiger partial charge in [0.05, 0.1) is 19.8 Å². The van der Waals surface area contributed by atoms with Gasteiger partial charge in [0.25, 0.3) is 0 Å². The van der Waals surface area contributed by atoms with E-state index < -0.39 is 9.17 Å². The first kappa shape index (κ1) is 36.3. The second-order valence-corrected chi connectivity index (χ2v) is 2.38. The van der Waals surface area contributed by atoms with Gasteiger partial charge in [-0.3, -0.25) is 4.46 Å². The summed E-state index contributed by atoms with van der Waals surface area (Å²) in [7, 11) is -3.13. The lowest BCUT2D eigenvalue weighted by Gasteiger charge is -1.71. The third-order valence-electron chi connectivity index (χ3n) is 0.387. The highest BCUT2D eigenvalue weighted by atomic mass is 28.3. The molecule has 0 heterocycles. The highest BCUT2D eigenvalue weighted by Gasteiger charge is 1.85. The monoisotopic (exact) mass is 317 g/mol. The van der Waals surface area contributed by atoms with Crippen molar-refractivity contribution < 1.29 is 29.4 Å². The van der Waals surface area contributed by atoms with Gasteiger partial charge in [-0.25, -0.2) is 0 Å². The van der Waals surface area contributed by atoms with E-state index in [-0.39, 0.29) is 60.2 Å². The molecule has 0 spiro atoms.